The van der Waals surface area contributed by atoms with Crippen molar-refractivity contribution in [3.63, 3.8) is 0 Å². The fraction of sp³-hybridized carbons (Fsp3) is 0.500. The average Bonchev–Trinajstić information content (AvgIpc) is 2.63. The van der Waals surface area contributed by atoms with Crippen molar-refractivity contribution < 1.29 is 4.79 Å². The lowest BCUT2D eigenvalue weighted by Gasteiger charge is -2.13. The first kappa shape index (κ1) is 9.15. The number of hydrogen-bond donors (Lipinski definition) is 0. The highest BCUT2D eigenvalue weighted by molar-refractivity contribution is 9.09. The van der Waals surface area contributed by atoms with Crippen molar-refractivity contribution >= 4 is 33.2 Å². The molecule has 0 aliphatic carbocycles. The zero-order valence-electron chi connectivity index (χ0n) is 6.94. The van der Waals surface area contributed by atoms with Gasteiger partial charge in [-0.05, 0) is 0 Å². The molecule has 13 heavy (non-hydrogen) atoms. The first-order chi connectivity index (χ1) is 6.25. The molecular formula is C8H9BrN2OS. The molecule has 0 aromatic carbocycles. The van der Waals surface area contributed by atoms with E-state index < -0.39 is 0 Å². The molecule has 1 unspecified atom stereocenters. The Morgan fingerprint density at radius 2 is 2.62 bits per heavy atom. The van der Waals surface area contributed by atoms with Gasteiger partial charge < -0.3 is 4.90 Å². The maximum atomic E-state index is 11.4. The van der Waals surface area contributed by atoms with Gasteiger partial charge in [-0.3, -0.25) is 4.79 Å². The highest BCUT2D eigenvalue weighted by Gasteiger charge is 2.27. The molecule has 1 amide bonds. The molecule has 1 aromatic rings. The van der Waals surface area contributed by atoms with Gasteiger partial charge in [0.05, 0.1) is 6.54 Å². The van der Waals surface area contributed by atoms with Gasteiger partial charge in [-0.1, -0.05) is 15.9 Å². The van der Waals surface area contributed by atoms with Crippen LogP contribution in [-0.2, 0) is 11.3 Å². The summed E-state index contributed by atoms with van der Waals surface area (Å²) in [7, 11) is 0. The molecular weight excluding hydrogens is 252 g/mol. The SMILES string of the molecule is O=C1CC(Br)CN1Cc1nccs1. The number of nitrogens with zero attached hydrogens (tertiary/aromatic N) is 2. The van der Waals surface area contributed by atoms with Crippen LogP contribution < -0.4 is 0 Å². The fourth-order valence-electron chi connectivity index (χ4n) is 1.37. The number of halogens is 1. The van der Waals surface area contributed by atoms with Crippen molar-refractivity contribution in [1.82, 2.24) is 9.88 Å². The Bertz CT molecular complexity index is 301. The molecule has 5 heteroatoms. The lowest BCUT2D eigenvalue weighted by Crippen LogP contribution is -2.24. The zero-order chi connectivity index (χ0) is 9.26. The lowest BCUT2D eigenvalue weighted by molar-refractivity contribution is -0.128. The maximum absolute atomic E-state index is 11.4. The molecule has 1 aliphatic rings. The Morgan fingerprint density at radius 1 is 1.77 bits per heavy atom. The Balaban J connectivity index is 1.99. The van der Waals surface area contributed by atoms with Gasteiger partial charge in [-0.2, -0.15) is 0 Å². The fourth-order valence-corrected chi connectivity index (χ4v) is 2.63. The van der Waals surface area contributed by atoms with E-state index in [1.165, 1.54) is 0 Å². The molecule has 1 aliphatic heterocycles. The van der Waals surface area contributed by atoms with Crippen molar-refractivity contribution in [2.75, 3.05) is 6.54 Å². The summed E-state index contributed by atoms with van der Waals surface area (Å²) in [5.74, 6) is 0.220. The van der Waals surface area contributed by atoms with Crippen LogP contribution in [0.5, 0.6) is 0 Å². The van der Waals surface area contributed by atoms with Crippen LogP contribution in [0.15, 0.2) is 11.6 Å². The average molecular weight is 261 g/mol. The van der Waals surface area contributed by atoms with Gasteiger partial charge in [0, 0.05) is 29.4 Å². The van der Waals surface area contributed by atoms with E-state index in [0.29, 0.717) is 17.8 Å². The van der Waals surface area contributed by atoms with E-state index in [9.17, 15) is 4.79 Å². The molecule has 0 bridgehead atoms. The number of carbonyl (C=O) groups excluding carboxylic acids is 1. The van der Waals surface area contributed by atoms with Crippen LogP contribution in [0.3, 0.4) is 0 Å². The normalized spacial score (nSPS) is 22.7. The summed E-state index contributed by atoms with van der Waals surface area (Å²) in [6.07, 6.45) is 2.39. The molecule has 1 saturated heterocycles. The quantitative estimate of drug-likeness (QED) is 0.758. The molecule has 2 heterocycles. The van der Waals surface area contributed by atoms with E-state index >= 15 is 0 Å². The molecule has 2 rings (SSSR count). The summed E-state index contributed by atoms with van der Waals surface area (Å²) < 4.78 is 0. The Hall–Kier alpha value is -0.420. The number of hydrogen-bond acceptors (Lipinski definition) is 3. The van der Waals surface area contributed by atoms with Gasteiger partial charge in [0.1, 0.15) is 5.01 Å². The molecule has 0 spiro atoms. The Kier molecular flexibility index (Phi) is 2.64. The zero-order valence-corrected chi connectivity index (χ0v) is 9.34. The molecule has 0 N–H and O–H groups in total. The van der Waals surface area contributed by atoms with Gasteiger partial charge in [-0.25, -0.2) is 4.98 Å². The van der Waals surface area contributed by atoms with Crippen molar-refractivity contribution in [1.29, 1.82) is 0 Å². The second kappa shape index (κ2) is 3.75. The summed E-state index contributed by atoms with van der Waals surface area (Å²) in [5, 5.41) is 2.94. The maximum Gasteiger partial charge on any atom is 0.224 e. The standard InChI is InChI=1S/C8H9BrN2OS/c9-6-3-8(12)11(4-6)5-7-10-1-2-13-7/h1-2,6H,3-5H2. The van der Waals surface area contributed by atoms with E-state index in [-0.39, 0.29) is 5.91 Å². The van der Waals surface area contributed by atoms with E-state index in [4.69, 9.17) is 0 Å². The van der Waals surface area contributed by atoms with E-state index in [1.807, 2.05) is 10.3 Å². The van der Waals surface area contributed by atoms with E-state index in [0.717, 1.165) is 11.6 Å². The third-order valence-electron chi connectivity index (χ3n) is 1.98. The van der Waals surface area contributed by atoms with Gasteiger partial charge in [0.15, 0.2) is 0 Å². The summed E-state index contributed by atoms with van der Waals surface area (Å²) in [6, 6.07) is 0. The predicted molar refractivity (Wildman–Crippen MR) is 54.9 cm³/mol. The Morgan fingerprint density at radius 3 is 3.15 bits per heavy atom. The molecule has 1 atom stereocenters. The smallest absolute Gasteiger partial charge is 0.224 e. The number of thiazole rings is 1. The molecule has 1 aromatic heterocycles. The number of alkyl halides is 1. The first-order valence-corrected chi connectivity index (χ1v) is 5.85. The highest BCUT2D eigenvalue weighted by Crippen LogP contribution is 2.20. The van der Waals surface area contributed by atoms with Crippen molar-refractivity contribution in [3.05, 3.63) is 16.6 Å². The van der Waals surface area contributed by atoms with Crippen LogP contribution in [0.4, 0.5) is 0 Å². The number of carbonyl (C=O) groups is 1. The van der Waals surface area contributed by atoms with Crippen LogP contribution >= 0.6 is 27.3 Å². The van der Waals surface area contributed by atoms with Crippen molar-refractivity contribution in [3.8, 4) is 0 Å². The molecule has 1 fully saturated rings. The van der Waals surface area contributed by atoms with Gasteiger partial charge in [0.2, 0.25) is 5.91 Å². The van der Waals surface area contributed by atoms with Gasteiger partial charge in [-0.15, -0.1) is 11.3 Å². The molecule has 3 nitrogen and oxygen atoms in total. The van der Waals surface area contributed by atoms with Crippen LogP contribution in [0.2, 0.25) is 0 Å². The van der Waals surface area contributed by atoms with Crippen molar-refractivity contribution in [2.45, 2.75) is 17.8 Å². The van der Waals surface area contributed by atoms with Crippen LogP contribution in [-0.4, -0.2) is 27.2 Å². The number of aromatic nitrogens is 1. The van der Waals surface area contributed by atoms with Crippen molar-refractivity contribution in [2.24, 2.45) is 0 Å². The summed E-state index contributed by atoms with van der Waals surface area (Å²) in [6.45, 7) is 1.47. The van der Waals surface area contributed by atoms with Crippen LogP contribution in [0.25, 0.3) is 0 Å². The summed E-state index contributed by atoms with van der Waals surface area (Å²) in [5.41, 5.74) is 0. The third kappa shape index (κ3) is 2.08. The predicted octanol–water partition coefficient (Wildman–Crippen LogP) is 1.64. The van der Waals surface area contributed by atoms with Crippen LogP contribution in [0.1, 0.15) is 11.4 Å². The summed E-state index contributed by atoms with van der Waals surface area (Å²) in [4.78, 5) is 17.7. The third-order valence-corrected chi connectivity index (χ3v) is 3.35. The first-order valence-electron chi connectivity index (χ1n) is 4.06. The number of amides is 1. The van der Waals surface area contributed by atoms with E-state index in [2.05, 4.69) is 20.9 Å². The summed E-state index contributed by atoms with van der Waals surface area (Å²) >= 11 is 5.04. The van der Waals surface area contributed by atoms with Gasteiger partial charge in [0.25, 0.3) is 0 Å². The highest BCUT2D eigenvalue weighted by atomic mass is 79.9. The minimum Gasteiger partial charge on any atom is -0.335 e. The topological polar surface area (TPSA) is 33.2 Å². The molecule has 0 radical (unpaired) electrons. The monoisotopic (exact) mass is 260 g/mol. The Labute approximate surface area is 88.9 Å². The second-order valence-corrected chi connectivity index (χ2v) is 5.28. The minimum atomic E-state index is 0.220. The largest absolute Gasteiger partial charge is 0.335 e. The van der Waals surface area contributed by atoms with Gasteiger partial charge >= 0.3 is 0 Å². The molecule has 0 saturated carbocycles. The van der Waals surface area contributed by atoms with E-state index in [1.54, 1.807) is 17.5 Å². The van der Waals surface area contributed by atoms with Crippen LogP contribution in [0, 0.1) is 0 Å². The number of rotatable bonds is 2. The second-order valence-electron chi connectivity index (χ2n) is 3.00. The number of likely N-dealkylation sites (tertiary alicyclic amines) is 1. The lowest BCUT2D eigenvalue weighted by atomic mass is 10.4. The molecule has 70 valence electrons. The minimum absolute atomic E-state index is 0.220.